The maximum Gasteiger partial charge on any atom is 0.153 e. The Morgan fingerprint density at radius 2 is 1.48 bits per heavy atom. The molecule has 4 aromatic rings. The number of fused-ring (bicyclic) bond motifs is 1. The average Bonchev–Trinajstić information content (AvgIpc) is 3.05. The lowest BCUT2D eigenvalue weighted by atomic mass is 10.2. The highest BCUT2D eigenvalue weighted by Crippen LogP contribution is 2.26. The zero-order valence-electron chi connectivity index (χ0n) is 12.4. The molecule has 0 unspecified atom stereocenters. The Morgan fingerprint density at radius 3 is 2.26 bits per heavy atom. The molecule has 0 amide bonds. The summed E-state index contributed by atoms with van der Waals surface area (Å²) in [7, 11) is 0. The Morgan fingerprint density at radius 1 is 0.739 bits per heavy atom. The normalized spacial score (nSPS) is 10.3. The molecule has 2 heteroatoms. The number of aromatic nitrogens is 1. The summed E-state index contributed by atoms with van der Waals surface area (Å²) in [5.74, 6) is 7.04. The second-order valence-electron chi connectivity index (χ2n) is 5.17. The fraction of sp³-hybridized carbons (Fsp3) is 0. The smallest absolute Gasteiger partial charge is 0.153 e. The van der Waals surface area contributed by atoms with Crippen molar-refractivity contribution in [3.05, 3.63) is 90.1 Å². The van der Waals surface area contributed by atoms with E-state index in [2.05, 4.69) is 16.8 Å². The highest BCUT2D eigenvalue weighted by molar-refractivity contribution is 5.79. The number of rotatable bonds is 1. The van der Waals surface area contributed by atoms with Crippen molar-refractivity contribution >= 4 is 11.1 Å². The van der Waals surface area contributed by atoms with Crippen molar-refractivity contribution < 1.29 is 4.42 Å². The largest absolute Gasteiger partial charge is 0.454 e. The van der Waals surface area contributed by atoms with Gasteiger partial charge in [-0.05, 0) is 30.2 Å². The van der Waals surface area contributed by atoms with Crippen LogP contribution in [0.4, 0.5) is 0 Å². The van der Waals surface area contributed by atoms with Crippen LogP contribution in [0.1, 0.15) is 11.3 Å². The van der Waals surface area contributed by atoms with Crippen LogP contribution in [0.5, 0.6) is 0 Å². The van der Waals surface area contributed by atoms with E-state index >= 15 is 0 Å². The topological polar surface area (TPSA) is 26.0 Å². The van der Waals surface area contributed by atoms with Crippen molar-refractivity contribution in [1.29, 1.82) is 0 Å². The van der Waals surface area contributed by atoms with Gasteiger partial charge in [-0.15, -0.1) is 0 Å². The van der Waals surface area contributed by atoms with Gasteiger partial charge in [-0.25, -0.2) is 4.98 Å². The number of hydrogen-bond donors (Lipinski definition) is 0. The molecule has 0 fully saturated rings. The molecule has 2 aromatic heterocycles. The molecule has 0 radical (unpaired) electrons. The standard InChI is InChI=1S/C21H13NO/c1-3-7-16(8-4-1)11-12-18-13-14-20-19(22-18)15-21(23-20)17-9-5-2-6-10-17/h1-10,13-15H. The molecular weight excluding hydrogens is 282 g/mol. The molecule has 2 nitrogen and oxygen atoms in total. The molecule has 108 valence electrons. The van der Waals surface area contributed by atoms with Gasteiger partial charge in [0.15, 0.2) is 5.58 Å². The van der Waals surface area contributed by atoms with Crippen LogP contribution in [0.3, 0.4) is 0 Å². The molecule has 4 rings (SSSR count). The van der Waals surface area contributed by atoms with E-state index in [1.165, 1.54) is 0 Å². The minimum atomic E-state index is 0.738. The minimum absolute atomic E-state index is 0.738. The molecule has 0 aliphatic rings. The Labute approximate surface area is 134 Å². The molecule has 0 atom stereocenters. The summed E-state index contributed by atoms with van der Waals surface area (Å²) in [5.41, 5.74) is 4.36. The van der Waals surface area contributed by atoms with Crippen LogP contribution in [0.15, 0.2) is 83.3 Å². The Balaban J connectivity index is 1.70. The molecular formula is C21H13NO. The third-order valence-corrected chi connectivity index (χ3v) is 3.54. The van der Waals surface area contributed by atoms with Crippen molar-refractivity contribution in [2.45, 2.75) is 0 Å². The molecule has 0 saturated carbocycles. The fourth-order valence-corrected chi connectivity index (χ4v) is 2.40. The van der Waals surface area contributed by atoms with E-state index < -0.39 is 0 Å². The van der Waals surface area contributed by atoms with Crippen LogP contribution in [0.2, 0.25) is 0 Å². The summed E-state index contributed by atoms with van der Waals surface area (Å²) in [6.45, 7) is 0. The zero-order chi connectivity index (χ0) is 15.5. The van der Waals surface area contributed by atoms with Gasteiger partial charge in [-0.2, -0.15) is 0 Å². The monoisotopic (exact) mass is 295 g/mol. The lowest BCUT2D eigenvalue weighted by Gasteiger charge is -1.93. The zero-order valence-corrected chi connectivity index (χ0v) is 12.4. The predicted molar refractivity (Wildman–Crippen MR) is 91.9 cm³/mol. The van der Waals surface area contributed by atoms with Gasteiger partial charge < -0.3 is 4.42 Å². The quantitative estimate of drug-likeness (QED) is 0.467. The van der Waals surface area contributed by atoms with Gasteiger partial charge >= 0.3 is 0 Å². The molecule has 0 spiro atoms. The van der Waals surface area contributed by atoms with Crippen molar-refractivity contribution in [2.24, 2.45) is 0 Å². The summed E-state index contributed by atoms with van der Waals surface area (Å²) in [6, 6.07) is 25.7. The molecule has 0 aliphatic heterocycles. The summed E-state index contributed by atoms with van der Waals surface area (Å²) in [6.07, 6.45) is 0. The Kier molecular flexibility index (Phi) is 3.38. The lowest BCUT2D eigenvalue weighted by Crippen LogP contribution is -1.81. The van der Waals surface area contributed by atoms with Crippen LogP contribution in [-0.2, 0) is 0 Å². The van der Waals surface area contributed by atoms with Crippen molar-refractivity contribution in [3.8, 4) is 23.2 Å². The minimum Gasteiger partial charge on any atom is -0.454 e. The maximum absolute atomic E-state index is 5.86. The predicted octanol–water partition coefficient (Wildman–Crippen LogP) is 4.89. The molecule has 23 heavy (non-hydrogen) atoms. The van der Waals surface area contributed by atoms with E-state index in [4.69, 9.17) is 4.42 Å². The average molecular weight is 295 g/mol. The number of benzene rings is 2. The van der Waals surface area contributed by atoms with Crippen molar-refractivity contribution in [3.63, 3.8) is 0 Å². The van der Waals surface area contributed by atoms with E-state index in [0.29, 0.717) is 0 Å². The van der Waals surface area contributed by atoms with Gasteiger partial charge in [0.2, 0.25) is 0 Å². The first kappa shape index (κ1) is 13.4. The SMILES string of the molecule is C(#Cc1ccc2oc(-c3ccccc3)cc2n1)c1ccccc1. The first-order chi connectivity index (χ1) is 11.4. The van der Waals surface area contributed by atoms with E-state index in [9.17, 15) is 0 Å². The van der Waals surface area contributed by atoms with E-state index in [-0.39, 0.29) is 0 Å². The molecule has 2 heterocycles. The summed E-state index contributed by atoms with van der Waals surface area (Å²) in [4.78, 5) is 4.57. The lowest BCUT2D eigenvalue weighted by molar-refractivity contribution is 0.631. The second-order valence-corrected chi connectivity index (χ2v) is 5.17. The van der Waals surface area contributed by atoms with Crippen LogP contribution in [0, 0.1) is 11.8 Å². The molecule has 2 aromatic carbocycles. The number of hydrogen-bond acceptors (Lipinski definition) is 2. The van der Waals surface area contributed by atoms with Crippen LogP contribution in [0.25, 0.3) is 22.4 Å². The van der Waals surface area contributed by atoms with Gasteiger partial charge in [0.1, 0.15) is 17.0 Å². The summed E-state index contributed by atoms with van der Waals surface area (Å²) >= 11 is 0. The molecule has 0 N–H and O–H groups in total. The van der Waals surface area contributed by atoms with Crippen LogP contribution < -0.4 is 0 Å². The number of furan rings is 1. The number of pyridine rings is 1. The van der Waals surface area contributed by atoms with Gasteiger partial charge in [-0.3, -0.25) is 0 Å². The van der Waals surface area contributed by atoms with Crippen molar-refractivity contribution in [1.82, 2.24) is 4.98 Å². The first-order valence-electron chi connectivity index (χ1n) is 7.41. The van der Waals surface area contributed by atoms with Crippen LogP contribution in [-0.4, -0.2) is 4.98 Å². The number of nitrogens with zero attached hydrogens (tertiary/aromatic N) is 1. The first-order valence-corrected chi connectivity index (χ1v) is 7.41. The highest BCUT2D eigenvalue weighted by Gasteiger charge is 2.07. The fourth-order valence-electron chi connectivity index (χ4n) is 2.40. The maximum atomic E-state index is 5.86. The molecule has 0 bridgehead atoms. The van der Waals surface area contributed by atoms with Crippen LogP contribution >= 0.6 is 0 Å². The third-order valence-electron chi connectivity index (χ3n) is 3.54. The molecule has 0 saturated heterocycles. The Bertz CT molecular complexity index is 1010. The van der Waals surface area contributed by atoms with Gasteiger partial charge in [-0.1, -0.05) is 54.5 Å². The van der Waals surface area contributed by atoms with Crippen molar-refractivity contribution in [2.75, 3.05) is 0 Å². The van der Waals surface area contributed by atoms with Gasteiger partial charge in [0, 0.05) is 17.2 Å². The second kappa shape index (κ2) is 5.82. The van der Waals surface area contributed by atoms with E-state index in [1.807, 2.05) is 78.9 Å². The third kappa shape index (κ3) is 2.86. The summed E-state index contributed by atoms with van der Waals surface area (Å²) in [5, 5.41) is 0. The van der Waals surface area contributed by atoms with Gasteiger partial charge in [0.05, 0.1) is 0 Å². The highest BCUT2D eigenvalue weighted by atomic mass is 16.3. The van der Waals surface area contributed by atoms with Gasteiger partial charge in [0.25, 0.3) is 0 Å². The summed E-state index contributed by atoms with van der Waals surface area (Å²) < 4.78 is 5.86. The Hall–Kier alpha value is -3.31. The molecule has 0 aliphatic carbocycles. The van der Waals surface area contributed by atoms with E-state index in [0.717, 1.165) is 33.7 Å². The van der Waals surface area contributed by atoms with E-state index in [1.54, 1.807) is 0 Å².